The van der Waals surface area contributed by atoms with E-state index in [1.54, 1.807) is 60.2 Å². The Morgan fingerprint density at radius 2 is 2.03 bits per heavy atom. The number of nitriles is 1. The quantitative estimate of drug-likeness (QED) is 0.648. The molecule has 1 aliphatic heterocycles. The van der Waals surface area contributed by atoms with Crippen LogP contribution < -0.4 is 16.0 Å². The summed E-state index contributed by atoms with van der Waals surface area (Å²) < 4.78 is 17.3. The Bertz CT molecular complexity index is 1280. The number of aryl methyl sites for hydroxylation is 1. The van der Waals surface area contributed by atoms with Gasteiger partial charge in [-0.2, -0.15) is 5.26 Å². The highest BCUT2D eigenvalue weighted by molar-refractivity contribution is 5.89. The largest absolute Gasteiger partial charge is 0.467 e. The summed E-state index contributed by atoms with van der Waals surface area (Å²) in [5.74, 6) is -0.352. The number of furan rings is 1. The highest BCUT2D eigenvalue weighted by Gasteiger charge is 2.34. The summed E-state index contributed by atoms with van der Waals surface area (Å²) in [6.45, 7) is 2.02. The zero-order valence-corrected chi connectivity index (χ0v) is 16.9. The second kappa shape index (κ2) is 7.88. The second-order valence-electron chi connectivity index (χ2n) is 7.07. The Morgan fingerprint density at radius 3 is 2.65 bits per heavy atom. The highest BCUT2D eigenvalue weighted by atomic mass is 16.5. The molecule has 8 heteroatoms. The van der Waals surface area contributed by atoms with Gasteiger partial charge in [-0.05, 0) is 36.8 Å². The maximum Gasteiger partial charge on any atom is 0.337 e. The summed E-state index contributed by atoms with van der Waals surface area (Å²) in [4.78, 5) is 25.3. The van der Waals surface area contributed by atoms with Gasteiger partial charge in [-0.25, -0.2) is 4.79 Å². The fourth-order valence-corrected chi connectivity index (χ4v) is 3.70. The van der Waals surface area contributed by atoms with Gasteiger partial charge in [0.15, 0.2) is 0 Å². The van der Waals surface area contributed by atoms with Crippen LogP contribution in [0.5, 0.6) is 5.75 Å². The van der Waals surface area contributed by atoms with E-state index >= 15 is 0 Å². The lowest BCUT2D eigenvalue weighted by Gasteiger charge is -2.27. The Morgan fingerprint density at radius 1 is 1.29 bits per heavy atom. The van der Waals surface area contributed by atoms with E-state index in [0.717, 1.165) is 0 Å². The first-order valence-electron chi connectivity index (χ1n) is 9.47. The minimum absolute atomic E-state index is 0.0559. The molecule has 0 saturated heterocycles. The molecule has 0 spiro atoms. The number of hydrogen-bond donors (Lipinski definition) is 1. The number of rotatable bonds is 4. The number of ether oxygens (including phenoxy) is 2. The number of carbonyl (C=O) groups excluding carboxylic acids is 1. The Labute approximate surface area is 177 Å². The van der Waals surface area contributed by atoms with Gasteiger partial charge in [0.25, 0.3) is 5.56 Å². The molecule has 0 unspecified atom stereocenters. The van der Waals surface area contributed by atoms with Crippen LogP contribution in [0.4, 0.5) is 0 Å². The zero-order valence-electron chi connectivity index (χ0n) is 16.9. The number of nitrogens with two attached hydrogens (primary N) is 1. The van der Waals surface area contributed by atoms with Gasteiger partial charge in [0, 0.05) is 11.8 Å². The Hall–Kier alpha value is -4.25. The SMILES string of the molecule is COC(=O)c1ccc([C@H]2C(C#N)=C(N)Oc3cc(C)n(Cc4ccco4)c(=O)c32)cc1. The smallest absolute Gasteiger partial charge is 0.337 e. The zero-order chi connectivity index (χ0) is 22.1. The number of fused-ring (bicyclic) bond motifs is 1. The minimum atomic E-state index is -0.739. The first-order chi connectivity index (χ1) is 14.9. The molecule has 0 bridgehead atoms. The normalized spacial score (nSPS) is 15.1. The van der Waals surface area contributed by atoms with Gasteiger partial charge in [-0.1, -0.05) is 12.1 Å². The number of pyridine rings is 1. The number of allylic oxidation sites excluding steroid dienone is 1. The molecule has 156 valence electrons. The molecule has 0 saturated carbocycles. The van der Waals surface area contributed by atoms with Crippen molar-refractivity contribution in [2.75, 3.05) is 7.11 Å². The van der Waals surface area contributed by atoms with Crippen LogP contribution >= 0.6 is 0 Å². The molecule has 3 aromatic rings. The van der Waals surface area contributed by atoms with Gasteiger partial charge in [0.1, 0.15) is 23.2 Å². The number of hydrogen-bond acceptors (Lipinski definition) is 7. The standard InChI is InChI=1S/C23H19N3O5/c1-13-10-18-20(22(27)26(13)12-16-4-3-9-30-16)19(17(11-24)21(25)31-18)14-5-7-15(8-6-14)23(28)29-2/h3-10,19H,12,25H2,1-2H3/t19-/m0/s1. The Balaban J connectivity index is 1.89. The molecule has 8 nitrogen and oxygen atoms in total. The van der Waals surface area contributed by atoms with E-state index in [1.165, 1.54) is 7.11 Å². The summed E-state index contributed by atoms with van der Waals surface area (Å²) in [6, 6.07) is 13.8. The third-order valence-corrected chi connectivity index (χ3v) is 5.25. The first kappa shape index (κ1) is 20.0. The number of aromatic nitrogens is 1. The number of esters is 1. The van der Waals surface area contributed by atoms with Crippen LogP contribution in [0.1, 0.15) is 38.9 Å². The maximum atomic E-state index is 13.5. The number of benzene rings is 1. The van der Waals surface area contributed by atoms with Gasteiger partial charge in [0.2, 0.25) is 5.88 Å². The van der Waals surface area contributed by atoms with Crippen molar-refractivity contribution in [2.45, 2.75) is 19.4 Å². The molecule has 1 aliphatic rings. The summed E-state index contributed by atoms with van der Waals surface area (Å²) in [7, 11) is 1.30. The molecule has 4 rings (SSSR count). The van der Waals surface area contributed by atoms with Crippen molar-refractivity contribution >= 4 is 5.97 Å². The predicted octanol–water partition coefficient (Wildman–Crippen LogP) is 2.80. The molecule has 31 heavy (non-hydrogen) atoms. The molecule has 2 aromatic heterocycles. The van der Waals surface area contributed by atoms with E-state index in [0.29, 0.717) is 33.9 Å². The van der Waals surface area contributed by atoms with Crippen molar-refractivity contribution in [1.82, 2.24) is 4.57 Å². The third-order valence-electron chi connectivity index (χ3n) is 5.25. The minimum Gasteiger partial charge on any atom is -0.467 e. The van der Waals surface area contributed by atoms with Crippen LogP contribution in [-0.4, -0.2) is 17.6 Å². The van der Waals surface area contributed by atoms with E-state index in [9.17, 15) is 14.9 Å². The predicted molar refractivity (Wildman–Crippen MR) is 110 cm³/mol. The van der Waals surface area contributed by atoms with Gasteiger partial charge in [-0.3, -0.25) is 4.79 Å². The maximum absolute atomic E-state index is 13.5. The van der Waals surface area contributed by atoms with Crippen LogP contribution in [0, 0.1) is 18.3 Å². The molecule has 2 N–H and O–H groups in total. The lowest BCUT2D eigenvalue weighted by Crippen LogP contribution is -2.33. The molecule has 0 aliphatic carbocycles. The average Bonchev–Trinajstić information content (AvgIpc) is 3.28. The van der Waals surface area contributed by atoms with E-state index in [1.807, 2.05) is 0 Å². The topological polar surface area (TPSA) is 120 Å². The van der Waals surface area contributed by atoms with Crippen LogP contribution in [0.25, 0.3) is 0 Å². The summed E-state index contributed by atoms with van der Waals surface area (Å²) >= 11 is 0. The van der Waals surface area contributed by atoms with Crippen molar-refractivity contribution in [3.8, 4) is 11.8 Å². The van der Waals surface area contributed by atoms with Crippen LogP contribution in [0.3, 0.4) is 0 Å². The fourth-order valence-electron chi connectivity index (χ4n) is 3.70. The Kier molecular flexibility index (Phi) is 5.09. The number of carbonyl (C=O) groups is 1. The van der Waals surface area contributed by atoms with E-state index in [2.05, 4.69) is 6.07 Å². The molecule has 0 fully saturated rings. The van der Waals surface area contributed by atoms with Crippen LogP contribution in [-0.2, 0) is 11.3 Å². The van der Waals surface area contributed by atoms with Gasteiger partial charge in [0.05, 0.1) is 37.0 Å². The first-order valence-corrected chi connectivity index (χ1v) is 9.47. The van der Waals surface area contributed by atoms with E-state index in [-0.39, 0.29) is 23.6 Å². The summed E-state index contributed by atoms with van der Waals surface area (Å²) in [5.41, 5.74) is 7.78. The monoisotopic (exact) mass is 417 g/mol. The molecule has 0 amide bonds. The molecule has 1 atom stereocenters. The van der Waals surface area contributed by atoms with Crippen molar-refractivity contribution in [3.05, 3.63) is 98.7 Å². The molecular weight excluding hydrogens is 398 g/mol. The molecule has 0 radical (unpaired) electrons. The third kappa shape index (κ3) is 3.46. The van der Waals surface area contributed by atoms with Gasteiger partial charge in [-0.15, -0.1) is 0 Å². The van der Waals surface area contributed by atoms with Crippen LogP contribution in [0.2, 0.25) is 0 Å². The lowest BCUT2D eigenvalue weighted by atomic mass is 9.83. The number of nitrogens with zero attached hydrogens (tertiary/aromatic N) is 2. The van der Waals surface area contributed by atoms with Crippen LogP contribution in [0.15, 0.2) is 69.4 Å². The van der Waals surface area contributed by atoms with Gasteiger partial charge >= 0.3 is 5.97 Å². The molecule has 3 heterocycles. The average molecular weight is 417 g/mol. The van der Waals surface area contributed by atoms with Gasteiger partial charge < -0.3 is 24.2 Å². The van der Waals surface area contributed by atoms with Crippen molar-refractivity contribution in [2.24, 2.45) is 5.73 Å². The van der Waals surface area contributed by atoms with E-state index in [4.69, 9.17) is 19.6 Å². The van der Waals surface area contributed by atoms with Crippen molar-refractivity contribution in [3.63, 3.8) is 0 Å². The molecule has 1 aromatic carbocycles. The summed E-state index contributed by atoms with van der Waals surface area (Å²) in [6.07, 6.45) is 1.54. The second-order valence-corrected chi connectivity index (χ2v) is 7.07. The summed E-state index contributed by atoms with van der Waals surface area (Å²) in [5, 5.41) is 9.76. The van der Waals surface area contributed by atoms with Crippen molar-refractivity contribution < 1.29 is 18.7 Å². The van der Waals surface area contributed by atoms with Crippen molar-refractivity contribution in [1.29, 1.82) is 5.26 Å². The lowest BCUT2D eigenvalue weighted by molar-refractivity contribution is 0.0600. The highest BCUT2D eigenvalue weighted by Crippen LogP contribution is 2.40. The molecular formula is C23H19N3O5. The van der Waals surface area contributed by atoms with E-state index < -0.39 is 11.9 Å². The number of methoxy groups -OCH3 is 1. The fraction of sp³-hybridized carbons (Fsp3) is 0.174.